The van der Waals surface area contributed by atoms with Gasteiger partial charge in [-0.25, -0.2) is 4.98 Å². The minimum atomic E-state index is -2.17. The smallest absolute Gasteiger partial charge is 0.402 e. The molecule has 4 nitrogen and oxygen atoms in total. The van der Waals surface area contributed by atoms with Gasteiger partial charge in [-0.3, -0.25) is 0 Å². The van der Waals surface area contributed by atoms with Crippen molar-refractivity contribution in [1.82, 2.24) is 4.98 Å². The van der Waals surface area contributed by atoms with Gasteiger partial charge >= 0.3 is 7.32 Å². The van der Waals surface area contributed by atoms with E-state index in [0.29, 0.717) is 0 Å². The van der Waals surface area contributed by atoms with Crippen molar-refractivity contribution in [3.8, 4) is 0 Å². The number of rotatable bonds is 0. The monoisotopic (exact) mass is 219 g/mol. The summed E-state index contributed by atoms with van der Waals surface area (Å²) in [6.07, 6.45) is 1.74. The largest absolute Gasteiger partial charge is 0.631 e. The van der Waals surface area contributed by atoms with Crippen molar-refractivity contribution in [1.29, 1.82) is 0 Å². The van der Waals surface area contributed by atoms with Crippen LogP contribution in [0.2, 0.25) is 0 Å². The summed E-state index contributed by atoms with van der Waals surface area (Å²) >= 11 is 3.20. The molecule has 0 radical (unpaired) electrons. The molecular weight excluding hydrogens is 213 g/mol. The summed E-state index contributed by atoms with van der Waals surface area (Å²) < 4.78 is 0.884. The molecule has 6 heteroatoms. The third kappa shape index (κ3) is 9.57. The van der Waals surface area contributed by atoms with Crippen LogP contribution in [0.1, 0.15) is 0 Å². The van der Waals surface area contributed by atoms with Crippen molar-refractivity contribution in [3.63, 3.8) is 0 Å². The quantitative estimate of drug-likeness (QED) is 0.417. The standard InChI is InChI=1S/C5H4BrN.BH3O3/c6-5-3-1-2-4-7-5;2-1(3)4/h1-4H;2-4H. The Balaban J connectivity index is 0.000000218. The van der Waals surface area contributed by atoms with E-state index in [4.69, 9.17) is 15.1 Å². The second kappa shape index (κ2) is 6.30. The van der Waals surface area contributed by atoms with Gasteiger partial charge in [-0.2, -0.15) is 0 Å². The van der Waals surface area contributed by atoms with Crippen molar-refractivity contribution < 1.29 is 15.1 Å². The van der Waals surface area contributed by atoms with E-state index < -0.39 is 7.32 Å². The van der Waals surface area contributed by atoms with Crippen LogP contribution in [-0.2, 0) is 0 Å². The first kappa shape index (κ1) is 10.6. The maximum absolute atomic E-state index is 7.17. The van der Waals surface area contributed by atoms with E-state index in [1.165, 1.54) is 0 Å². The number of nitrogens with zero attached hydrogens (tertiary/aromatic N) is 1. The van der Waals surface area contributed by atoms with Gasteiger partial charge in [0.1, 0.15) is 4.60 Å². The fourth-order valence-electron chi connectivity index (χ4n) is 0.342. The lowest BCUT2D eigenvalue weighted by Crippen LogP contribution is -2.07. The van der Waals surface area contributed by atoms with Crippen LogP contribution in [0.3, 0.4) is 0 Å². The van der Waals surface area contributed by atoms with E-state index in [9.17, 15) is 0 Å². The van der Waals surface area contributed by atoms with E-state index in [-0.39, 0.29) is 0 Å². The van der Waals surface area contributed by atoms with Gasteiger partial charge < -0.3 is 15.1 Å². The van der Waals surface area contributed by atoms with E-state index in [0.717, 1.165) is 4.60 Å². The van der Waals surface area contributed by atoms with E-state index >= 15 is 0 Å². The number of pyridine rings is 1. The van der Waals surface area contributed by atoms with Gasteiger partial charge in [0.05, 0.1) is 0 Å². The molecule has 0 aliphatic carbocycles. The Morgan fingerprint density at radius 2 is 1.82 bits per heavy atom. The van der Waals surface area contributed by atoms with Gasteiger partial charge in [0.2, 0.25) is 0 Å². The molecule has 0 fully saturated rings. The van der Waals surface area contributed by atoms with Crippen LogP contribution in [0.5, 0.6) is 0 Å². The highest BCUT2D eigenvalue weighted by Crippen LogP contribution is 2.00. The first-order valence-electron chi connectivity index (χ1n) is 2.73. The molecule has 0 aromatic carbocycles. The zero-order chi connectivity index (χ0) is 8.69. The fraction of sp³-hybridized carbons (Fsp3) is 0. The molecule has 1 aromatic rings. The molecule has 0 unspecified atom stereocenters. The number of aromatic nitrogens is 1. The van der Waals surface area contributed by atoms with Crippen LogP contribution < -0.4 is 0 Å². The van der Waals surface area contributed by atoms with Crippen molar-refractivity contribution in [2.45, 2.75) is 0 Å². The number of hydrogen-bond donors (Lipinski definition) is 3. The highest BCUT2D eigenvalue weighted by molar-refractivity contribution is 9.10. The Labute approximate surface area is 72.8 Å². The Hall–Kier alpha value is -0.425. The molecule has 0 saturated heterocycles. The van der Waals surface area contributed by atoms with Crippen molar-refractivity contribution in [2.24, 2.45) is 0 Å². The molecule has 0 saturated carbocycles. The third-order valence-corrected chi connectivity index (χ3v) is 1.10. The molecule has 0 atom stereocenters. The molecule has 0 aliphatic rings. The van der Waals surface area contributed by atoms with Crippen LogP contribution in [0, 0.1) is 0 Å². The summed E-state index contributed by atoms with van der Waals surface area (Å²) in [4.78, 5) is 3.90. The highest BCUT2D eigenvalue weighted by Gasteiger charge is 1.92. The highest BCUT2D eigenvalue weighted by atomic mass is 79.9. The Bertz CT molecular complexity index is 182. The first-order chi connectivity index (χ1) is 5.13. The summed E-state index contributed by atoms with van der Waals surface area (Å²) in [5.41, 5.74) is 0. The van der Waals surface area contributed by atoms with Gasteiger partial charge in [0.15, 0.2) is 0 Å². The molecule has 0 spiro atoms. The molecule has 3 N–H and O–H groups in total. The minimum absolute atomic E-state index is 0.884. The van der Waals surface area contributed by atoms with Crippen molar-refractivity contribution in [3.05, 3.63) is 29.0 Å². The average molecular weight is 220 g/mol. The number of hydrogen-bond acceptors (Lipinski definition) is 4. The van der Waals surface area contributed by atoms with Gasteiger partial charge in [0, 0.05) is 6.20 Å². The topological polar surface area (TPSA) is 73.6 Å². The lowest BCUT2D eigenvalue weighted by atomic mass is 10.3. The Kier molecular flexibility index (Phi) is 6.05. The molecule has 11 heavy (non-hydrogen) atoms. The van der Waals surface area contributed by atoms with Crippen LogP contribution in [0.4, 0.5) is 0 Å². The second-order valence-corrected chi connectivity index (χ2v) is 2.31. The van der Waals surface area contributed by atoms with Crippen molar-refractivity contribution in [2.75, 3.05) is 0 Å². The summed E-state index contributed by atoms with van der Waals surface area (Å²) in [5, 5.41) is 21.5. The Morgan fingerprint density at radius 1 is 1.27 bits per heavy atom. The molecular formula is C5H7BBrNO3. The summed E-state index contributed by atoms with van der Waals surface area (Å²) in [6.45, 7) is 0. The SMILES string of the molecule is Brc1ccccn1.OB(O)O. The molecule has 0 bridgehead atoms. The van der Waals surface area contributed by atoms with Crippen LogP contribution in [0.15, 0.2) is 29.0 Å². The molecule has 60 valence electrons. The lowest BCUT2D eigenvalue weighted by molar-refractivity contribution is 0.278. The third-order valence-electron chi connectivity index (χ3n) is 0.629. The predicted octanol–water partition coefficient (Wildman–Crippen LogP) is -0.208. The van der Waals surface area contributed by atoms with Crippen LogP contribution >= 0.6 is 15.9 Å². The van der Waals surface area contributed by atoms with Crippen LogP contribution in [0.25, 0.3) is 0 Å². The van der Waals surface area contributed by atoms with Crippen LogP contribution in [-0.4, -0.2) is 27.4 Å². The molecule has 0 amide bonds. The average Bonchev–Trinajstić information content (AvgIpc) is 1.87. The maximum atomic E-state index is 7.17. The normalized spacial score (nSPS) is 8.00. The fourth-order valence-corrected chi connectivity index (χ4v) is 0.613. The predicted molar refractivity (Wildman–Crippen MR) is 44.3 cm³/mol. The molecule has 1 rings (SSSR count). The second-order valence-electron chi connectivity index (χ2n) is 1.50. The summed E-state index contributed by atoms with van der Waals surface area (Å²) in [7, 11) is -2.17. The molecule has 1 aromatic heterocycles. The van der Waals surface area contributed by atoms with E-state index in [1.807, 2.05) is 18.2 Å². The van der Waals surface area contributed by atoms with E-state index in [1.54, 1.807) is 6.20 Å². The zero-order valence-corrected chi connectivity index (χ0v) is 7.14. The summed E-state index contributed by atoms with van der Waals surface area (Å²) in [6, 6.07) is 5.70. The molecule has 0 aliphatic heterocycles. The van der Waals surface area contributed by atoms with Gasteiger partial charge in [-0.1, -0.05) is 6.07 Å². The number of halogens is 1. The zero-order valence-electron chi connectivity index (χ0n) is 5.55. The summed E-state index contributed by atoms with van der Waals surface area (Å²) in [5.74, 6) is 0. The maximum Gasteiger partial charge on any atom is 0.631 e. The van der Waals surface area contributed by atoms with Gasteiger partial charge in [-0.05, 0) is 28.1 Å². The lowest BCUT2D eigenvalue weighted by Gasteiger charge is -1.80. The Morgan fingerprint density at radius 3 is 2.00 bits per heavy atom. The molecule has 1 heterocycles. The van der Waals surface area contributed by atoms with Gasteiger partial charge in [0.25, 0.3) is 0 Å². The van der Waals surface area contributed by atoms with Crippen molar-refractivity contribution >= 4 is 23.3 Å². The van der Waals surface area contributed by atoms with E-state index in [2.05, 4.69) is 20.9 Å². The minimum Gasteiger partial charge on any atom is -0.402 e. The first-order valence-corrected chi connectivity index (χ1v) is 3.53. The van der Waals surface area contributed by atoms with Gasteiger partial charge in [-0.15, -0.1) is 0 Å².